The lowest BCUT2D eigenvalue weighted by atomic mass is 10.1. The summed E-state index contributed by atoms with van der Waals surface area (Å²) in [5, 5.41) is 14.1. The molecule has 0 spiro atoms. The van der Waals surface area contributed by atoms with Gasteiger partial charge >= 0.3 is 0 Å². The molecule has 0 aliphatic heterocycles. The van der Waals surface area contributed by atoms with Crippen LogP contribution in [0.4, 0.5) is 5.69 Å². The summed E-state index contributed by atoms with van der Waals surface area (Å²) < 4.78 is 28.6. The van der Waals surface area contributed by atoms with Crippen LogP contribution in [0.2, 0.25) is 5.02 Å². The molecule has 0 fully saturated rings. The molecule has 9 heteroatoms. The molecule has 0 aliphatic carbocycles. The molecule has 0 aromatic heterocycles. The van der Waals surface area contributed by atoms with E-state index in [2.05, 4.69) is 10.5 Å². The summed E-state index contributed by atoms with van der Waals surface area (Å²) >= 11 is 6.21. The highest BCUT2D eigenvalue weighted by atomic mass is 35.5. The van der Waals surface area contributed by atoms with E-state index in [0.717, 1.165) is 5.56 Å². The summed E-state index contributed by atoms with van der Waals surface area (Å²) in [6.45, 7) is 1.86. The second kappa shape index (κ2) is 11.3. The molecule has 7 nitrogen and oxygen atoms in total. The van der Waals surface area contributed by atoms with E-state index in [0.29, 0.717) is 27.4 Å². The third-order valence-corrected chi connectivity index (χ3v) is 7.63. The van der Waals surface area contributed by atoms with Crippen molar-refractivity contribution in [2.75, 3.05) is 4.31 Å². The van der Waals surface area contributed by atoms with Gasteiger partial charge in [-0.3, -0.25) is 9.10 Å². The molecular formula is C28H24ClN3O4S. The minimum atomic E-state index is -3.90. The minimum Gasteiger partial charge on any atom is -0.507 e. The fraction of sp³-hybridized carbons (Fsp3) is 0.0714. The number of hydrogen-bond acceptors (Lipinski definition) is 5. The largest absolute Gasteiger partial charge is 0.507 e. The van der Waals surface area contributed by atoms with E-state index in [4.69, 9.17) is 11.6 Å². The first-order chi connectivity index (χ1) is 17.8. The zero-order valence-electron chi connectivity index (χ0n) is 19.9. The average molecular weight is 534 g/mol. The highest BCUT2D eigenvalue weighted by molar-refractivity contribution is 7.92. The molecule has 4 aromatic rings. The number of hydrazone groups is 1. The van der Waals surface area contributed by atoms with Crippen molar-refractivity contribution in [3.8, 4) is 5.75 Å². The Kier molecular flexibility index (Phi) is 7.91. The smallest absolute Gasteiger partial charge is 0.271 e. The zero-order chi connectivity index (χ0) is 26.4. The first-order valence-corrected chi connectivity index (χ1v) is 13.1. The molecule has 0 bridgehead atoms. The van der Waals surface area contributed by atoms with Crippen molar-refractivity contribution in [2.45, 2.75) is 18.4 Å². The third-order valence-electron chi connectivity index (χ3n) is 5.62. The van der Waals surface area contributed by atoms with Crippen LogP contribution in [-0.4, -0.2) is 25.6 Å². The molecule has 0 aliphatic rings. The second-order valence-corrected chi connectivity index (χ2v) is 10.5. The Morgan fingerprint density at radius 3 is 2.35 bits per heavy atom. The summed E-state index contributed by atoms with van der Waals surface area (Å²) in [4.78, 5) is 12.7. The van der Waals surface area contributed by atoms with Crippen LogP contribution in [0, 0.1) is 6.92 Å². The molecule has 4 aromatic carbocycles. The standard InChI is InChI=1S/C28H24ClN3O4S/c1-20-11-16-24(29)17-26(20)32(37(35,36)25-8-3-2-4-9-25)19-21-12-14-22(15-13-21)28(34)31-30-18-23-7-5-6-10-27(23)33/h2-18,33H,19H2,1H3,(H,31,34)/b30-18-. The highest BCUT2D eigenvalue weighted by Crippen LogP contribution is 2.31. The van der Waals surface area contributed by atoms with Crippen molar-refractivity contribution in [2.24, 2.45) is 5.10 Å². The fourth-order valence-electron chi connectivity index (χ4n) is 3.62. The van der Waals surface area contributed by atoms with Gasteiger partial charge in [-0.2, -0.15) is 5.10 Å². The Balaban J connectivity index is 1.56. The second-order valence-electron chi connectivity index (χ2n) is 8.21. The molecule has 0 saturated carbocycles. The predicted molar refractivity (Wildman–Crippen MR) is 146 cm³/mol. The Morgan fingerprint density at radius 2 is 1.65 bits per heavy atom. The molecule has 0 heterocycles. The van der Waals surface area contributed by atoms with Crippen molar-refractivity contribution < 1.29 is 18.3 Å². The number of phenolic OH excluding ortho intramolecular Hbond substituents is 1. The Labute approximate surface area is 220 Å². The fourth-order valence-corrected chi connectivity index (χ4v) is 5.32. The van der Waals surface area contributed by atoms with E-state index >= 15 is 0 Å². The van der Waals surface area contributed by atoms with Gasteiger partial charge in [-0.05, 0) is 66.6 Å². The van der Waals surface area contributed by atoms with E-state index in [1.165, 1.54) is 16.6 Å². The summed E-state index contributed by atoms with van der Waals surface area (Å²) in [7, 11) is -3.90. The van der Waals surface area contributed by atoms with Crippen LogP contribution >= 0.6 is 11.6 Å². The number of phenols is 1. The Bertz CT molecular complexity index is 1540. The number of hydrogen-bond donors (Lipinski definition) is 2. The SMILES string of the molecule is Cc1ccc(Cl)cc1N(Cc1ccc(C(=O)N/N=C\c2ccccc2O)cc1)S(=O)(=O)c1ccccc1. The molecule has 0 saturated heterocycles. The van der Waals surface area contributed by atoms with Gasteiger partial charge in [0.15, 0.2) is 0 Å². The zero-order valence-corrected chi connectivity index (χ0v) is 21.4. The van der Waals surface area contributed by atoms with Gasteiger partial charge in [0, 0.05) is 16.1 Å². The number of sulfonamides is 1. The van der Waals surface area contributed by atoms with Gasteiger partial charge in [-0.15, -0.1) is 0 Å². The van der Waals surface area contributed by atoms with Gasteiger partial charge in [0.2, 0.25) is 0 Å². The van der Waals surface area contributed by atoms with Crippen molar-refractivity contribution in [3.05, 3.63) is 124 Å². The number of amides is 1. The number of benzene rings is 4. The maximum atomic E-state index is 13.6. The van der Waals surface area contributed by atoms with Crippen LogP contribution in [0.15, 0.2) is 107 Å². The van der Waals surface area contributed by atoms with E-state index in [-0.39, 0.29) is 17.2 Å². The number of para-hydroxylation sites is 1. The van der Waals surface area contributed by atoms with Crippen LogP contribution in [0.1, 0.15) is 27.0 Å². The van der Waals surface area contributed by atoms with E-state index in [1.54, 1.807) is 91.0 Å². The van der Waals surface area contributed by atoms with Crippen molar-refractivity contribution in [3.63, 3.8) is 0 Å². The summed E-state index contributed by atoms with van der Waals surface area (Å²) in [6.07, 6.45) is 1.35. The van der Waals surface area contributed by atoms with Gasteiger partial charge in [-0.1, -0.05) is 60.1 Å². The van der Waals surface area contributed by atoms with Gasteiger partial charge in [0.25, 0.3) is 15.9 Å². The highest BCUT2D eigenvalue weighted by Gasteiger charge is 2.26. The third kappa shape index (κ3) is 6.17. The summed E-state index contributed by atoms with van der Waals surface area (Å²) in [5.74, 6) is -0.396. The van der Waals surface area contributed by atoms with Gasteiger partial charge < -0.3 is 5.11 Å². The monoisotopic (exact) mass is 533 g/mol. The van der Waals surface area contributed by atoms with Crippen LogP contribution in [0.5, 0.6) is 5.75 Å². The minimum absolute atomic E-state index is 0.0335. The number of aromatic hydroxyl groups is 1. The quantitative estimate of drug-likeness (QED) is 0.230. The van der Waals surface area contributed by atoms with Gasteiger partial charge in [0.05, 0.1) is 23.3 Å². The molecule has 4 rings (SSSR count). The lowest BCUT2D eigenvalue weighted by molar-refractivity contribution is 0.0955. The van der Waals surface area contributed by atoms with Crippen LogP contribution < -0.4 is 9.73 Å². The average Bonchev–Trinajstić information content (AvgIpc) is 2.90. The van der Waals surface area contributed by atoms with Gasteiger partial charge in [-0.25, -0.2) is 13.8 Å². The van der Waals surface area contributed by atoms with Crippen LogP contribution in [0.3, 0.4) is 0 Å². The van der Waals surface area contributed by atoms with Crippen LogP contribution in [0.25, 0.3) is 0 Å². The normalized spacial score (nSPS) is 11.4. The first-order valence-electron chi connectivity index (χ1n) is 11.3. The Morgan fingerprint density at radius 1 is 0.973 bits per heavy atom. The number of anilines is 1. The molecular weight excluding hydrogens is 510 g/mol. The molecule has 0 radical (unpaired) electrons. The molecule has 37 heavy (non-hydrogen) atoms. The lowest BCUT2D eigenvalue weighted by Crippen LogP contribution is -2.31. The van der Waals surface area contributed by atoms with Crippen molar-refractivity contribution in [1.29, 1.82) is 0 Å². The lowest BCUT2D eigenvalue weighted by Gasteiger charge is -2.26. The number of halogens is 1. The topological polar surface area (TPSA) is 99.1 Å². The van der Waals surface area contributed by atoms with E-state index in [1.807, 2.05) is 6.92 Å². The maximum Gasteiger partial charge on any atom is 0.271 e. The predicted octanol–water partition coefficient (Wildman–Crippen LogP) is 5.51. The number of carbonyl (C=O) groups is 1. The molecule has 2 N–H and O–H groups in total. The Hall–Kier alpha value is -4.14. The first kappa shape index (κ1) is 25.9. The van der Waals surface area contributed by atoms with Crippen molar-refractivity contribution in [1.82, 2.24) is 5.43 Å². The molecule has 0 unspecified atom stereocenters. The van der Waals surface area contributed by atoms with E-state index in [9.17, 15) is 18.3 Å². The van der Waals surface area contributed by atoms with E-state index < -0.39 is 15.9 Å². The van der Waals surface area contributed by atoms with Crippen molar-refractivity contribution >= 4 is 39.4 Å². The van der Waals surface area contributed by atoms with Gasteiger partial charge in [0.1, 0.15) is 5.75 Å². The number of carbonyl (C=O) groups excluding carboxylic acids is 1. The molecule has 1 amide bonds. The summed E-state index contributed by atoms with van der Waals surface area (Å²) in [5.41, 5.74) is 5.12. The number of aryl methyl sites for hydroxylation is 1. The summed E-state index contributed by atoms with van der Waals surface area (Å²) in [6, 6.07) is 26.5. The number of nitrogens with zero attached hydrogens (tertiary/aromatic N) is 2. The molecule has 0 atom stereocenters. The molecule has 188 valence electrons. The van der Waals surface area contributed by atoms with Crippen LogP contribution in [-0.2, 0) is 16.6 Å². The number of nitrogens with one attached hydrogen (secondary N) is 1. The number of rotatable bonds is 8. The maximum absolute atomic E-state index is 13.6.